The van der Waals surface area contributed by atoms with Crippen molar-refractivity contribution in [1.29, 1.82) is 0 Å². The number of phenols is 1. The van der Waals surface area contributed by atoms with E-state index in [2.05, 4.69) is 26.6 Å². The molecule has 3 rings (SSSR count). The van der Waals surface area contributed by atoms with E-state index in [9.17, 15) is 19.5 Å². The third kappa shape index (κ3) is 4.57. The second kappa shape index (κ2) is 8.36. The van der Waals surface area contributed by atoms with Crippen LogP contribution in [0.5, 0.6) is 11.5 Å². The van der Waals surface area contributed by atoms with E-state index in [0.717, 1.165) is 10.5 Å². The van der Waals surface area contributed by atoms with Gasteiger partial charge in [-0.15, -0.1) is 0 Å². The van der Waals surface area contributed by atoms with E-state index in [1.807, 2.05) is 19.1 Å². The molecule has 4 amide bonds. The van der Waals surface area contributed by atoms with E-state index in [4.69, 9.17) is 4.74 Å². The first-order valence-corrected chi connectivity index (χ1v) is 9.35. The highest BCUT2D eigenvalue weighted by atomic mass is 79.9. The molecule has 0 aliphatic carbocycles. The molecule has 9 heteroatoms. The third-order valence-electron chi connectivity index (χ3n) is 4.19. The summed E-state index contributed by atoms with van der Waals surface area (Å²) in [5.41, 5.74) is 1.81. The summed E-state index contributed by atoms with van der Waals surface area (Å²) in [6.07, 6.45) is 1.32. The number of nitrogens with one attached hydrogen (secondary N) is 2. The van der Waals surface area contributed by atoms with Crippen molar-refractivity contribution in [2.45, 2.75) is 6.92 Å². The van der Waals surface area contributed by atoms with Gasteiger partial charge in [0.25, 0.3) is 5.91 Å². The minimum Gasteiger partial charge on any atom is -0.504 e. The van der Waals surface area contributed by atoms with Gasteiger partial charge in [0, 0.05) is 15.7 Å². The van der Waals surface area contributed by atoms with Crippen molar-refractivity contribution in [2.75, 3.05) is 19.0 Å². The molecule has 1 aliphatic rings. The molecule has 1 aliphatic heterocycles. The number of carbonyl (C=O) groups excluding carboxylic acids is 3. The minimum absolute atomic E-state index is 0.0615. The highest BCUT2D eigenvalue weighted by Crippen LogP contribution is 2.35. The highest BCUT2D eigenvalue weighted by molar-refractivity contribution is 9.10. The Morgan fingerprint density at radius 2 is 1.97 bits per heavy atom. The van der Waals surface area contributed by atoms with Crippen LogP contribution in [-0.2, 0) is 9.59 Å². The van der Waals surface area contributed by atoms with Crippen molar-refractivity contribution >= 4 is 45.5 Å². The third-order valence-corrected chi connectivity index (χ3v) is 4.65. The molecule has 1 heterocycles. The molecule has 2 aromatic rings. The Balaban J connectivity index is 1.76. The van der Waals surface area contributed by atoms with Crippen molar-refractivity contribution in [3.8, 4) is 11.5 Å². The molecule has 2 aromatic carbocycles. The van der Waals surface area contributed by atoms with Crippen LogP contribution in [0.4, 0.5) is 10.5 Å². The maximum Gasteiger partial charge on any atom is 0.329 e. The SMILES string of the molecule is COc1cc(Br)cc(/C=C2\NC(=O)N(CC(=O)Nc3ccc(C)cc3)C2=O)c1O. The number of imide groups is 1. The number of rotatable bonds is 5. The van der Waals surface area contributed by atoms with Crippen LogP contribution in [0.1, 0.15) is 11.1 Å². The number of amides is 4. The summed E-state index contributed by atoms with van der Waals surface area (Å²) in [6, 6.07) is 9.54. The number of ether oxygens (including phenoxy) is 1. The van der Waals surface area contributed by atoms with Gasteiger partial charge in [0.05, 0.1) is 7.11 Å². The molecule has 29 heavy (non-hydrogen) atoms. The van der Waals surface area contributed by atoms with Crippen molar-refractivity contribution in [1.82, 2.24) is 10.2 Å². The zero-order valence-electron chi connectivity index (χ0n) is 15.7. The van der Waals surface area contributed by atoms with E-state index in [1.54, 1.807) is 24.3 Å². The number of carbonyl (C=O) groups is 3. The highest BCUT2D eigenvalue weighted by Gasteiger charge is 2.35. The number of halogens is 1. The Morgan fingerprint density at radius 1 is 1.28 bits per heavy atom. The first-order valence-electron chi connectivity index (χ1n) is 8.56. The molecule has 0 bridgehead atoms. The van der Waals surface area contributed by atoms with Crippen molar-refractivity contribution in [2.24, 2.45) is 0 Å². The van der Waals surface area contributed by atoms with Gasteiger partial charge in [-0.1, -0.05) is 33.6 Å². The lowest BCUT2D eigenvalue weighted by Gasteiger charge is -2.12. The predicted octanol–water partition coefficient (Wildman–Crippen LogP) is 3.00. The van der Waals surface area contributed by atoms with Gasteiger partial charge in [-0.05, 0) is 37.3 Å². The number of aromatic hydroxyl groups is 1. The average molecular weight is 460 g/mol. The number of benzene rings is 2. The van der Waals surface area contributed by atoms with Gasteiger partial charge in [0.1, 0.15) is 12.2 Å². The molecular formula is C20H18BrN3O5. The smallest absolute Gasteiger partial charge is 0.329 e. The van der Waals surface area contributed by atoms with Crippen LogP contribution in [0.2, 0.25) is 0 Å². The van der Waals surface area contributed by atoms with Crippen LogP contribution in [0.15, 0.2) is 46.6 Å². The molecule has 0 spiro atoms. The molecule has 3 N–H and O–H groups in total. The Bertz CT molecular complexity index is 1020. The van der Waals surface area contributed by atoms with Gasteiger partial charge < -0.3 is 20.5 Å². The zero-order chi connectivity index (χ0) is 21.1. The van der Waals surface area contributed by atoms with Crippen LogP contribution < -0.4 is 15.4 Å². The van der Waals surface area contributed by atoms with Gasteiger partial charge in [-0.2, -0.15) is 0 Å². The molecule has 0 radical (unpaired) electrons. The number of anilines is 1. The van der Waals surface area contributed by atoms with Gasteiger partial charge in [0.2, 0.25) is 5.91 Å². The predicted molar refractivity (Wildman–Crippen MR) is 110 cm³/mol. The number of phenolic OH excluding ortho intramolecular Hbond substituents is 1. The fourth-order valence-corrected chi connectivity index (χ4v) is 3.17. The summed E-state index contributed by atoms with van der Waals surface area (Å²) in [5.74, 6) is -1.16. The maximum atomic E-state index is 12.6. The largest absolute Gasteiger partial charge is 0.504 e. The first-order chi connectivity index (χ1) is 13.8. The molecule has 0 atom stereocenters. The summed E-state index contributed by atoms with van der Waals surface area (Å²) in [7, 11) is 1.40. The van der Waals surface area contributed by atoms with E-state index < -0.39 is 24.4 Å². The summed E-state index contributed by atoms with van der Waals surface area (Å²) in [6.45, 7) is 1.48. The van der Waals surface area contributed by atoms with Gasteiger partial charge in [-0.25, -0.2) is 9.69 Å². The van der Waals surface area contributed by atoms with E-state index in [-0.39, 0.29) is 22.8 Å². The molecule has 1 fully saturated rings. The molecule has 0 unspecified atom stereocenters. The molecular weight excluding hydrogens is 442 g/mol. The van der Waals surface area contributed by atoms with Crippen molar-refractivity contribution in [3.63, 3.8) is 0 Å². The summed E-state index contributed by atoms with van der Waals surface area (Å²) in [4.78, 5) is 37.8. The zero-order valence-corrected chi connectivity index (χ0v) is 17.2. The lowest BCUT2D eigenvalue weighted by atomic mass is 10.1. The molecule has 150 valence electrons. The van der Waals surface area contributed by atoms with Crippen LogP contribution in [0.25, 0.3) is 6.08 Å². The number of hydrogen-bond acceptors (Lipinski definition) is 5. The standard InChI is InChI=1S/C20H18BrN3O5/c1-11-3-5-14(6-4-11)22-17(25)10-24-19(27)15(23-20(24)28)8-12-7-13(21)9-16(29-2)18(12)26/h3-9,26H,10H2,1-2H3,(H,22,25)(H,23,28)/b15-8-. The fourth-order valence-electron chi connectivity index (χ4n) is 2.71. The quantitative estimate of drug-likeness (QED) is 0.470. The van der Waals surface area contributed by atoms with Gasteiger partial charge >= 0.3 is 6.03 Å². The van der Waals surface area contributed by atoms with E-state index >= 15 is 0 Å². The lowest BCUT2D eigenvalue weighted by molar-refractivity contribution is -0.127. The topological polar surface area (TPSA) is 108 Å². The molecule has 8 nitrogen and oxygen atoms in total. The normalized spacial score (nSPS) is 14.9. The Kier molecular flexibility index (Phi) is 5.88. The van der Waals surface area contributed by atoms with Crippen LogP contribution in [0.3, 0.4) is 0 Å². The Hall–Kier alpha value is -3.33. The minimum atomic E-state index is -0.721. The molecule has 1 saturated heterocycles. The maximum absolute atomic E-state index is 12.6. The average Bonchev–Trinajstić information content (AvgIpc) is 2.93. The first kappa shape index (κ1) is 20.4. The fraction of sp³-hybridized carbons (Fsp3) is 0.150. The van der Waals surface area contributed by atoms with Crippen molar-refractivity contribution < 1.29 is 24.2 Å². The van der Waals surface area contributed by atoms with E-state index in [1.165, 1.54) is 13.2 Å². The van der Waals surface area contributed by atoms with Crippen LogP contribution in [0, 0.1) is 6.92 Å². The second-order valence-electron chi connectivity index (χ2n) is 6.34. The second-order valence-corrected chi connectivity index (χ2v) is 7.26. The molecule has 0 saturated carbocycles. The van der Waals surface area contributed by atoms with Gasteiger partial charge in [-0.3, -0.25) is 9.59 Å². The number of nitrogens with zero attached hydrogens (tertiary/aromatic N) is 1. The number of hydrogen-bond donors (Lipinski definition) is 3. The number of urea groups is 1. The van der Waals surface area contributed by atoms with Crippen LogP contribution in [-0.4, -0.2) is 41.5 Å². The van der Waals surface area contributed by atoms with E-state index in [0.29, 0.717) is 10.2 Å². The van der Waals surface area contributed by atoms with Gasteiger partial charge in [0.15, 0.2) is 11.5 Å². The number of aryl methyl sites for hydroxylation is 1. The summed E-state index contributed by atoms with van der Waals surface area (Å²) < 4.78 is 5.69. The Morgan fingerprint density at radius 3 is 2.62 bits per heavy atom. The Labute approximate surface area is 175 Å². The van der Waals surface area contributed by atoms with Crippen molar-refractivity contribution in [3.05, 3.63) is 57.7 Å². The summed E-state index contributed by atoms with van der Waals surface area (Å²) >= 11 is 3.29. The monoisotopic (exact) mass is 459 g/mol. The lowest BCUT2D eigenvalue weighted by Crippen LogP contribution is -2.38. The van der Waals surface area contributed by atoms with Crippen LogP contribution >= 0.6 is 15.9 Å². The molecule has 0 aromatic heterocycles. The number of methoxy groups -OCH3 is 1. The summed E-state index contributed by atoms with van der Waals surface area (Å²) in [5, 5.41) is 15.3.